The van der Waals surface area contributed by atoms with Gasteiger partial charge in [-0.05, 0) is 61.1 Å². The molecule has 4 aromatic carbocycles. The number of anilines is 2. The number of para-hydroxylation sites is 1. The highest BCUT2D eigenvalue weighted by atomic mass is 16.1. The maximum absolute atomic E-state index is 13.3. The van der Waals surface area contributed by atoms with Gasteiger partial charge in [0, 0.05) is 48.3 Å². The lowest BCUT2D eigenvalue weighted by atomic mass is 9.91. The van der Waals surface area contributed by atoms with Crippen molar-refractivity contribution < 1.29 is 9.59 Å². The highest BCUT2D eigenvalue weighted by Gasteiger charge is 2.37. The van der Waals surface area contributed by atoms with Crippen molar-refractivity contribution in [2.75, 3.05) is 24.3 Å². The van der Waals surface area contributed by atoms with Crippen molar-refractivity contribution in [2.45, 2.75) is 50.2 Å². The molecule has 236 valence electrons. The van der Waals surface area contributed by atoms with Crippen LogP contribution in [-0.4, -0.2) is 53.5 Å². The molecule has 47 heavy (non-hydrogen) atoms. The number of Topliss-reactive ketones (excluding diaryl/α,β-unsaturated/α-hetero) is 1. The summed E-state index contributed by atoms with van der Waals surface area (Å²) in [5.41, 5.74) is 5.90. The van der Waals surface area contributed by atoms with Gasteiger partial charge in [0.25, 0.3) is 5.91 Å². The van der Waals surface area contributed by atoms with Crippen LogP contribution in [0.2, 0.25) is 0 Å². The molecule has 1 heterocycles. The van der Waals surface area contributed by atoms with Crippen LogP contribution in [-0.2, 0) is 6.54 Å². The minimum absolute atomic E-state index is 0.0628. The fourth-order valence-corrected chi connectivity index (χ4v) is 6.72. The van der Waals surface area contributed by atoms with Crippen LogP contribution in [0.15, 0.2) is 108 Å². The van der Waals surface area contributed by atoms with E-state index in [0.717, 1.165) is 70.4 Å². The van der Waals surface area contributed by atoms with Gasteiger partial charge in [0.2, 0.25) is 5.95 Å². The molecule has 1 aromatic heterocycles. The van der Waals surface area contributed by atoms with Crippen LogP contribution in [0.3, 0.4) is 0 Å². The third kappa shape index (κ3) is 6.36. The highest BCUT2D eigenvalue weighted by molar-refractivity contribution is 6.31. The lowest BCUT2D eigenvalue weighted by Crippen LogP contribution is -2.40. The number of ketones is 1. The van der Waals surface area contributed by atoms with Gasteiger partial charge in [0.1, 0.15) is 5.82 Å². The Bertz CT molecular complexity index is 1950. The molecule has 8 heteroatoms. The van der Waals surface area contributed by atoms with Gasteiger partial charge in [-0.1, -0.05) is 78.9 Å². The van der Waals surface area contributed by atoms with Crippen molar-refractivity contribution in [3.63, 3.8) is 0 Å². The van der Waals surface area contributed by atoms with Crippen LogP contribution in [0.4, 0.5) is 11.8 Å². The summed E-state index contributed by atoms with van der Waals surface area (Å²) in [6.07, 6.45) is 3.62. The van der Waals surface area contributed by atoms with E-state index >= 15 is 0 Å². The molecular formula is C39H38N6O2. The van der Waals surface area contributed by atoms with E-state index in [9.17, 15) is 9.59 Å². The number of nitrogens with one attached hydrogen (secondary N) is 2. The summed E-state index contributed by atoms with van der Waals surface area (Å²) in [6.45, 7) is 0.427. The first-order valence-electron chi connectivity index (χ1n) is 16.3. The maximum atomic E-state index is 13.3. The normalized spacial score (nSPS) is 19.8. The van der Waals surface area contributed by atoms with E-state index in [1.165, 1.54) is 0 Å². The smallest absolute Gasteiger partial charge is 0.251 e. The molecule has 1 atom stereocenters. The maximum Gasteiger partial charge on any atom is 0.251 e. The second-order valence-electron chi connectivity index (χ2n) is 12.6. The number of amides is 1. The zero-order valence-electron chi connectivity index (χ0n) is 26.7. The summed E-state index contributed by atoms with van der Waals surface area (Å²) < 4.78 is 0. The number of hydrogen-bond acceptors (Lipinski definition) is 7. The van der Waals surface area contributed by atoms with E-state index in [-0.39, 0.29) is 23.8 Å². The van der Waals surface area contributed by atoms with Crippen molar-refractivity contribution in [3.05, 3.63) is 131 Å². The van der Waals surface area contributed by atoms with E-state index < -0.39 is 5.92 Å². The van der Waals surface area contributed by atoms with Gasteiger partial charge in [0.05, 0.1) is 23.7 Å². The van der Waals surface area contributed by atoms with Crippen molar-refractivity contribution in [3.8, 4) is 0 Å². The average Bonchev–Trinajstić information content (AvgIpc) is 3.39. The number of fused-ring (bicyclic) bond motifs is 2. The molecule has 0 aliphatic heterocycles. The van der Waals surface area contributed by atoms with Gasteiger partial charge in [-0.2, -0.15) is 4.98 Å². The second-order valence-corrected chi connectivity index (χ2v) is 12.6. The predicted octanol–water partition coefficient (Wildman–Crippen LogP) is 6.82. The number of carbonyl (C=O) groups excluding carboxylic acids is 2. The molecule has 2 N–H and O–H groups in total. The number of hydrogen-bond donors (Lipinski definition) is 2. The molecule has 0 radical (unpaired) electrons. The topological polar surface area (TPSA) is 99.6 Å². The van der Waals surface area contributed by atoms with Gasteiger partial charge in [0.15, 0.2) is 5.78 Å². The molecule has 0 bridgehead atoms. The molecule has 2 aliphatic carbocycles. The van der Waals surface area contributed by atoms with Crippen molar-refractivity contribution in [2.24, 2.45) is 4.99 Å². The SMILES string of the molecule is CN(C)c1nc(NC2CCC(NC(=O)c3ccc(CN=C4c5ccccc5C(=O)C4c4ccccc4)cc3)CC2)nc2ccccc12. The first-order chi connectivity index (χ1) is 22.9. The Balaban J connectivity index is 0.959. The molecule has 0 saturated heterocycles. The minimum atomic E-state index is -0.403. The van der Waals surface area contributed by atoms with Gasteiger partial charge in [-0.3, -0.25) is 14.6 Å². The van der Waals surface area contributed by atoms with E-state index in [2.05, 4.69) is 10.6 Å². The number of rotatable bonds is 8. The number of benzene rings is 4. The predicted molar refractivity (Wildman–Crippen MR) is 188 cm³/mol. The summed E-state index contributed by atoms with van der Waals surface area (Å²) in [7, 11) is 3.99. The largest absolute Gasteiger partial charge is 0.362 e. The standard InChI is InChI=1S/C39H38N6O2/c1-45(2)37-32-14-8-9-15-33(32)43-39(44-37)42-29-22-20-28(21-23-29)41-38(47)27-18-16-25(17-19-27)24-40-35-30-12-6-7-13-31(30)36(46)34(35)26-10-4-3-5-11-26/h3-19,28-29,34H,20-24H2,1-2H3,(H,41,47)(H,42,43,44). The Labute approximate surface area is 275 Å². The summed E-state index contributed by atoms with van der Waals surface area (Å²) in [5.74, 6) is 1.16. The zero-order chi connectivity index (χ0) is 32.3. The lowest BCUT2D eigenvalue weighted by Gasteiger charge is -2.30. The molecule has 2 aliphatic rings. The van der Waals surface area contributed by atoms with Crippen LogP contribution in [0.25, 0.3) is 10.9 Å². The fraction of sp³-hybridized carbons (Fsp3) is 0.256. The fourth-order valence-electron chi connectivity index (χ4n) is 6.72. The van der Waals surface area contributed by atoms with Gasteiger partial charge in [-0.15, -0.1) is 0 Å². The molecule has 0 spiro atoms. The van der Waals surface area contributed by atoms with E-state index in [4.69, 9.17) is 15.0 Å². The average molecular weight is 623 g/mol. The Hall–Kier alpha value is -5.37. The molecule has 1 fully saturated rings. The molecule has 7 rings (SSSR count). The number of aliphatic imine (C=N–C) groups is 1. The molecule has 1 unspecified atom stereocenters. The number of aromatic nitrogens is 2. The molecule has 8 nitrogen and oxygen atoms in total. The van der Waals surface area contributed by atoms with Gasteiger partial charge < -0.3 is 15.5 Å². The first-order valence-corrected chi connectivity index (χ1v) is 16.3. The third-order valence-electron chi connectivity index (χ3n) is 9.19. The Morgan fingerprint density at radius 3 is 2.19 bits per heavy atom. The summed E-state index contributed by atoms with van der Waals surface area (Å²) in [4.78, 5) is 43.0. The summed E-state index contributed by atoms with van der Waals surface area (Å²) >= 11 is 0. The van der Waals surface area contributed by atoms with E-state index in [0.29, 0.717) is 18.1 Å². The van der Waals surface area contributed by atoms with Crippen LogP contribution in [0.5, 0.6) is 0 Å². The van der Waals surface area contributed by atoms with E-state index in [1.807, 2.05) is 122 Å². The summed E-state index contributed by atoms with van der Waals surface area (Å²) in [5, 5.41) is 7.81. The lowest BCUT2D eigenvalue weighted by molar-refractivity contribution is 0.0925. The summed E-state index contributed by atoms with van der Waals surface area (Å²) in [6, 6.07) is 33.6. The van der Waals surface area contributed by atoms with Crippen LogP contribution in [0, 0.1) is 0 Å². The zero-order valence-corrected chi connectivity index (χ0v) is 26.7. The molecule has 1 saturated carbocycles. The van der Waals surface area contributed by atoms with Crippen LogP contribution >= 0.6 is 0 Å². The van der Waals surface area contributed by atoms with Gasteiger partial charge in [-0.25, -0.2) is 4.98 Å². The Morgan fingerprint density at radius 2 is 1.45 bits per heavy atom. The van der Waals surface area contributed by atoms with Crippen molar-refractivity contribution >= 4 is 40.1 Å². The Morgan fingerprint density at radius 1 is 0.787 bits per heavy atom. The first kappa shape index (κ1) is 30.3. The van der Waals surface area contributed by atoms with Crippen LogP contribution < -0.4 is 15.5 Å². The monoisotopic (exact) mass is 622 g/mol. The molecule has 5 aromatic rings. The third-order valence-corrected chi connectivity index (χ3v) is 9.19. The number of carbonyl (C=O) groups is 2. The van der Waals surface area contributed by atoms with Gasteiger partial charge >= 0.3 is 0 Å². The van der Waals surface area contributed by atoms with Crippen LogP contribution in [0.1, 0.15) is 69.0 Å². The molecule has 1 amide bonds. The van der Waals surface area contributed by atoms with E-state index in [1.54, 1.807) is 0 Å². The Kier molecular flexibility index (Phi) is 8.48. The van der Waals surface area contributed by atoms with Crippen molar-refractivity contribution in [1.82, 2.24) is 15.3 Å². The quantitative estimate of drug-likeness (QED) is 0.197. The number of nitrogens with zero attached hydrogens (tertiary/aromatic N) is 4. The molecular weight excluding hydrogens is 584 g/mol. The highest BCUT2D eigenvalue weighted by Crippen LogP contribution is 2.35. The van der Waals surface area contributed by atoms with Crippen molar-refractivity contribution in [1.29, 1.82) is 0 Å². The minimum Gasteiger partial charge on any atom is -0.362 e. The second kappa shape index (κ2) is 13.2.